The minimum atomic E-state index is -0.219. The van der Waals surface area contributed by atoms with Crippen LogP contribution in [0.15, 0.2) is 35.1 Å². The van der Waals surface area contributed by atoms with Gasteiger partial charge >= 0.3 is 0 Å². The number of hydrogen-bond acceptors (Lipinski definition) is 5. The second kappa shape index (κ2) is 6.10. The van der Waals surface area contributed by atoms with Crippen LogP contribution in [0.3, 0.4) is 0 Å². The fraction of sp³-hybridized carbons (Fsp3) is 0.308. The molecule has 0 aliphatic heterocycles. The molecule has 2 N–H and O–H groups in total. The molecule has 0 spiro atoms. The van der Waals surface area contributed by atoms with E-state index in [9.17, 15) is 4.79 Å². The van der Waals surface area contributed by atoms with Crippen molar-refractivity contribution >= 4 is 5.91 Å². The van der Waals surface area contributed by atoms with Crippen molar-refractivity contribution in [3.8, 4) is 11.5 Å². The summed E-state index contributed by atoms with van der Waals surface area (Å²) in [6.45, 7) is 1.84. The lowest BCUT2D eigenvalue weighted by atomic mass is 10.1. The van der Waals surface area contributed by atoms with Gasteiger partial charge in [-0.05, 0) is 30.7 Å². The van der Waals surface area contributed by atoms with Crippen LogP contribution in [0.4, 0.5) is 0 Å². The fourth-order valence-corrected chi connectivity index (χ4v) is 1.61. The van der Waals surface area contributed by atoms with Crippen molar-refractivity contribution in [1.82, 2.24) is 15.5 Å². The van der Waals surface area contributed by atoms with Crippen LogP contribution in [0, 0.1) is 0 Å². The molecule has 0 saturated heterocycles. The number of hydrogen-bond donors (Lipinski definition) is 2. The maximum Gasteiger partial charge on any atom is 0.251 e. The van der Waals surface area contributed by atoms with Gasteiger partial charge in [0.1, 0.15) is 0 Å². The summed E-state index contributed by atoms with van der Waals surface area (Å²) in [7, 11) is 0. The third-order valence-corrected chi connectivity index (χ3v) is 2.80. The molecule has 6 heteroatoms. The minimum Gasteiger partial charge on any atom is -0.423 e. The Kier molecular flexibility index (Phi) is 4.25. The molecule has 0 aliphatic carbocycles. The zero-order valence-corrected chi connectivity index (χ0v) is 10.5. The highest BCUT2D eigenvalue weighted by Crippen LogP contribution is 2.16. The van der Waals surface area contributed by atoms with Gasteiger partial charge in [-0.15, -0.1) is 10.2 Å². The Hall–Kier alpha value is -2.21. The van der Waals surface area contributed by atoms with Gasteiger partial charge in [-0.3, -0.25) is 4.79 Å². The number of rotatable bonds is 5. The van der Waals surface area contributed by atoms with Crippen LogP contribution in [0.25, 0.3) is 11.5 Å². The number of amides is 1. The Balaban J connectivity index is 2.08. The molecule has 1 amide bonds. The summed E-state index contributed by atoms with van der Waals surface area (Å²) < 4.78 is 5.06. The van der Waals surface area contributed by atoms with E-state index in [-0.39, 0.29) is 18.6 Å². The van der Waals surface area contributed by atoms with E-state index >= 15 is 0 Å². The first-order chi connectivity index (χ1) is 9.24. The van der Waals surface area contributed by atoms with E-state index in [0.29, 0.717) is 17.9 Å². The van der Waals surface area contributed by atoms with Gasteiger partial charge in [0.25, 0.3) is 5.91 Å². The quantitative estimate of drug-likeness (QED) is 0.845. The Morgan fingerprint density at radius 1 is 1.42 bits per heavy atom. The highest BCUT2D eigenvalue weighted by Gasteiger charge is 2.11. The fourth-order valence-electron chi connectivity index (χ4n) is 1.61. The van der Waals surface area contributed by atoms with Gasteiger partial charge in [-0.1, -0.05) is 6.92 Å². The summed E-state index contributed by atoms with van der Waals surface area (Å²) in [5.41, 5.74) is 1.28. The topological polar surface area (TPSA) is 88.2 Å². The highest BCUT2D eigenvalue weighted by atomic mass is 16.4. The second-order valence-corrected chi connectivity index (χ2v) is 4.08. The van der Waals surface area contributed by atoms with E-state index < -0.39 is 0 Å². The lowest BCUT2D eigenvalue weighted by Gasteiger charge is -2.13. The van der Waals surface area contributed by atoms with E-state index in [1.807, 2.05) is 6.92 Å². The molecule has 0 radical (unpaired) electrons. The number of aliphatic hydroxyl groups excluding tert-OH is 1. The van der Waals surface area contributed by atoms with Crippen molar-refractivity contribution in [3.63, 3.8) is 0 Å². The summed E-state index contributed by atoms with van der Waals surface area (Å²) >= 11 is 0. The number of benzene rings is 1. The standard InChI is InChI=1S/C13H15N3O3/c1-2-11(7-17)15-12(18)9-3-5-10(6-4-9)13-16-14-8-19-13/h3-6,8,11,17H,2,7H2,1H3,(H,15,18)/t11-/m0/s1. The average molecular weight is 261 g/mol. The second-order valence-electron chi connectivity index (χ2n) is 4.08. The SMILES string of the molecule is CC[C@@H](CO)NC(=O)c1ccc(-c2nnco2)cc1. The molecule has 1 heterocycles. The molecule has 1 aromatic carbocycles. The van der Waals surface area contributed by atoms with Crippen molar-refractivity contribution in [1.29, 1.82) is 0 Å². The summed E-state index contributed by atoms with van der Waals surface area (Å²) in [4.78, 5) is 11.9. The van der Waals surface area contributed by atoms with Crippen LogP contribution in [-0.2, 0) is 0 Å². The predicted octanol–water partition coefficient (Wildman–Crippen LogP) is 1.24. The van der Waals surface area contributed by atoms with E-state index in [1.165, 1.54) is 6.39 Å². The largest absolute Gasteiger partial charge is 0.423 e. The van der Waals surface area contributed by atoms with Crippen LogP contribution in [0.2, 0.25) is 0 Å². The molecule has 0 aliphatic rings. The maximum absolute atomic E-state index is 11.9. The first-order valence-corrected chi connectivity index (χ1v) is 6.03. The summed E-state index contributed by atoms with van der Waals surface area (Å²) in [6.07, 6.45) is 1.94. The zero-order valence-electron chi connectivity index (χ0n) is 10.5. The van der Waals surface area contributed by atoms with Gasteiger partial charge in [0.2, 0.25) is 12.3 Å². The molecule has 0 fully saturated rings. The predicted molar refractivity (Wildman–Crippen MR) is 68.4 cm³/mol. The van der Waals surface area contributed by atoms with E-state index in [1.54, 1.807) is 24.3 Å². The first-order valence-electron chi connectivity index (χ1n) is 6.03. The van der Waals surface area contributed by atoms with E-state index in [0.717, 1.165) is 5.56 Å². The summed E-state index contributed by atoms with van der Waals surface area (Å²) in [5.74, 6) is 0.201. The minimum absolute atomic E-state index is 0.0672. The smallest absolute Gasteiger partial charge is 0.251 e. The molecule has 0 bridgehead atoms. The highest BCUT2D eigenvalue weighted by molar-refractivity contribution is 5.94. The number of carbonyl (C=O) groups is 1. The van der Waals surface area contributed by atoms with Crippen LogP contribution >= 0.6 is 0 Å². The summed E-state index contributed by atoms with van der Waals surface area (Å²) in [5, 5.41) is 19.2. The molecular weight excluding hydrogens is 246 g/mol. The van der Waals surface area contributed by atoms with Gasteiger partial charge in [-0.25, -0.2) is 0 Å². The molecule has 0 unspecified atom stereocenters. The molecule has 0 saturated carbocycles. The number of nitrogens with one attached hydrogen (secondary N) is 1. The molecule has 1 aromatic heterocycles. The lowest BCUT2D eigenvalue weighted by molar-refractivity contribution is 0.0915. The molecule has 19 heavy (non-hydrogen) atoms. The van der Waals surface area contributed by atoms with Gasteiger partial charge < -0.3 is 14.8 Å². The van der Waals surface area contributed by atoms with Crippen molar-refractivity contribution in [2.45, 2.75) is 19.4 Å². The average Bonchev–Trinajstić information content (AvgIpc) is 2.99. The van der Waals surface area contributed by atoms with Crippen LogP contribution in [0.5, 0.6) is 0 Å². The Labute approximate surface area is 110 Å². The van der Waals surface area contributed by atoms with Gasteiger partial charge in [-0.2, -0.15) is 0 Å². The number of aromatic nitrogens is 2. The van der Waals surface area contributed by atoms with Crippen molar-refractivity contribution in [2.24, 2.45) is 0 Å². The normalized spacial score (nSPS) is 12.1. The Morgan fingerprint density at radius 2 is 2.16 bits per heavy atom. The number of aliphatic hydroxyl groups is 1. The van der Waals surface area contributed by atoms with Crippen LogP contribution in [-0.4, -0.2) is 33.9 Å². The molecule has 2 aromatic rings. The van der Waals surface area contributed by atoms with E-state index in [2.05, 4.69) is 15.5 Å². The van der Waals surface area contributed by atoms with Crippen molar-refractivity contribution in [2.75, 3.05) is 6.61 Å². The van der Waals surface area contributed by atoms with Gasteiger partial charge in [0.05, 0.1) is 12.6 Å². The Morgan fingerprint density at radius 3 is 2.68 bits per heavy atom. The molecule has 6 nitrogen and oxygen atoms in total. The van der Waals surface area contributed by atoms with Gasteiger partial charge in [0.15, 0.2) is 0 Å². The van der Waals surface area contributed by atoms with Crippen molar-refractivity contribution < 1.29 is 14.3 Å². The summed E-state index contributed by atoms with van der Waals surface area (Å²) in [6, 6.07) is 6.62. The van der Waals surface area contributed by atoms with Crippen molar-refractivity contribution in [3.05, 3.63) is 36.2 Å². The van der Waals surface area contributed by atoms with Gasteiger partial charge in [0, 0.05) is 11.1 Å². The van der Waals surface area contributed by atoms with Crippen LogP contribution in [0.1, 0.15) is 23.7 Å². The van der Waals surface area contributed by atoms with Crippen LogP contribution < -0.4 is 5.32 Å². The molecule has 100 valence electrons. The monoisotopic (exact) mass is 261 g/mol. The maximum atomic E-state index is 11.9. The van der Waals surface area contributed by atoms with E-state index in [4.69, 9.17) is 9.52 Å². The lowest BCUT2D eigenvalue weighted by Crippen LogP contribution is -2.36. The Bertz CT molecular complexity index is 519. The molecular formula is C13H15N3O3. The zero-order chi connectivity index (χ0) is 13.7. The number of carbonyl (C=O) groups excluding carboxylic acids is 1. The number of nitrogens with zero attached hydrogens (tertiary/aromatic N) is 2. The molecule has 2 rings (SSSR count). The third-order valence-electron chi connectivity index (χ3n) is 2.80. The molecule has 1 atom stereocenters. The first kappa shape index (κ1) is 13.2. The third kappa shape index (κ3) is 3.17.